The predicted molar refractivity (Wildman–Crippen MR) is 119 cm³/mol. The Bertz CT molecular complexity index is 1270. The second-order valence-corrected chi connectivity index (χ2v) is 8.33. The van der Waals surface area contributed by atoms with Gasteiger partial charge in [-0.3, -0.25) is 14.2 Å². The molecule has 0 unspecified atom stereocenters. The lowest BCUT2D eigenvalue weighted by molar-refractivity contribution is -0.282. The average Bonchev–Trinajstić information content (AvgIpc) is 2.86. The van der Waals surface area contributed by atoms with E-state index in [0.29, 0.717) is 23.2 Å². The Labute approximate surface area is 190 Å². The SMILES string of the molecule is Cc1cn([C@@H]2CO[C@@H]3CO[C@@H](c4ccccc4)O[C@H]3C2)c(=O)n(C(=O)c2ccccc2)c1=O. The number of hydrogen-bond acceptors (Lipinski definition) is 6. The first kappa shape index (κ1) is 21.5. The highest BCUT2D eigenvalue weighted by Gasteiger charge is 2.39. The molecular weight excluding hydrogens is 424 g/mol. The maximum absolute atomic E-state index is 13.3. The summed E-state index contributed by atoms with van der Waals surface area (Å²) < 4.78 is 20.1. The monoisotopic (exact) mass is 448 g/mol. The van der Waals surface area contributed by atoms with Gasteiger partial charge in [-0.2, -0.15) is 4.57 Å². The molecule has 2 saturated heterocycles. The highest BCUT2D eigenvalue weighted by atomic mass is 16.7. The van der Waals surface area contributed by atoms with Gasteiger partial charge in [-0.25, -0.2) is 4.79 Å². The van der Waals surface area contributed by atoms with Gasteiger partial charge in [0, 0.05) is 22.9 Å². The average molecular weight is 448 g/mol. The van der Waals surface area contributed by atoms with Crippen LogP contribution < -0.4 is 11.2 Å². The van der Waals surface area contributed by atoms with Gasteiger partial charge in [0.25, 0.3) is 11.5 Å². The first-order valence-corrected chi connectivity index (χ1v) is 10.9. The quantitative estimate of drug-likeness (QED) is 0.612. The Kier molecular flexibility index (Phi) is 5.80. The van der Waals surface area contributed by atoms with Crippen molar-refractivity contribution in [1.82, 2.24) is 9.13 Å². The molecule has 170 valence electrons. The molecule has 4 atom stereocenters. The van der Waals surface area contributed by atoms with Crippen LogP contribution in [0.2, 0.25) is 0 Å². The summed E-state index contributed by atoms with van der Waals surface area (Å²) in [5.41, 5.74) is 0.181. The van der Waals surface area contributed by atoms with E-state index in [4.69, 9.17) is 14.2 Å². The van der Waals surface area contributed by atoms with Gasteiger partial charge >= 0.3 is 5.69 Å². The molecule has 0 aliphatic carbocycles. The molecule has 5 rings (SSSR count). The number of ether oxygens (including phenoxy) is 3. The van der Waals surface area contributed by atoms with Gasteiger partial charge < -0.3 is 14.2 Å². The molecule has 2 aromatic carbocycles. The number of nitrogens with zero attached hydrogens (tertiary/aromatic N) is 2. The van der Waals surface area contributed by atoms with E-state index < -0.39 is 23.4 Å². The van der Waals surface area contributed by atoms with E-state index >= 15 is 0 Å². The molecule has 2 aliphatic rings. The minimum atomic E-state index is -0.682. The normalized spacial score (nSPS) is 24.8. The molecule has 0 radical (unpaired) electrons. The van der Waals surface area contributed by atoms with E-state index in [1.165, 1.54) is 10.8 Å². The fraction of sp³-hybridized carbons (Fsp3) is 0.320. The van der Waals surface area contributed by atoms with E-state index in [1.54, 1.807) is 37.3 Å². The van der Waals surface area contributed by atoms with Crippen LogP contribution in [0.1, 0.15) is 40.2 Å². The van der Waals surface area contributed by atoms with Crippen molar-refractivity contribution in [2.45, 2.75) is 37.9 Å². The van der Waals surface area contributed by atoms with Crippen LogP contribution in [0.4, 0.5) is 0 Å². The lowest BCUT2D eigenvalue weighted by atomic mass is 10.00. The largest absolute Gasteiger partial charge is 0.371 e. The second-order valence-electron chi connectivity index (χ2n) is 8.33. The second kappa shape index (κ2) is 8.90. The van der Waals surface area contributed by atoms with Gasteiger partial charge in [-0.15, -0.1) is 0 Å². The van der Waals surface area contributed by atoms with Gasteiger partial charge in [-0.05, 0) is 25.5 Å². The summed E-state index contributed by atoms with van der Waals surface area (Å²) in [6.07, 6.45) is 0.952. The van der Waals surface area contributed by atoms with E-state index in [0.717, 1.165) is 5.56 Å². The third-order valence-electron chi connectivity index (χ3n) is 6.11. The fourth-order valence-corrected chi connectivity index (χ4v) is 4.34. The molecule has 0 N–H and O–H groups in total. The number of aryl methyl sites for hydroxylation is 1. The zero-order valence-corrected chi connectivity index (χ0v) is 18.1. The maximum Gasteiger partial charge on any atom is 0.338 e. The van der Waals surface area contributed by atoms with Gasteiger partial charge in [0.05, 0.1) is 25.4 Å². The predicted octanol–water partition coefficient (Wildman–Crippen LogP) is 2.45. The molecule has 0 amide bonds. The topological polar surface area (TPSA) is 88.8 Å². The number of benzene rings is 2. The third kappa shape index (κ3) is 4.08. The van der Waals surface area contributed by atoms with Crippen LogP contribution >= 0.6 is 0 Å². The van der Waals surface area contributed by atoms with Crippen LogP contribution in [0.15, 0.2) is 76.4 Å². The van der Waals surface area contributed by atoms with Crippen LogP contribution in [0.25, 0.3) is 0 Å². The van der Waals surface area contributed by atoms with Gasteiger partial charge in [-0.1, -0.05) is 48.5 Å². The number of rotatable bonds is 3. The Morgan fingerprint density at radius 1 is 0.909 bits per heavy atom. The van der Waals surface area contributed by atoms with Crippen molar-refractivity contribution in [3.8, 4) is 0 Å². The molecule has 1 aromatic heterocycles. The lowest BCUT2D eigenvalue weighted by Gasteiger charge is -2.42. The highest BCUT2D eigenvalue weighted by Crippen LogP contribution is 2.34. The van der Waals surface area contributed by atoms with Gasteiger partial charge in [0.1, 0.15) is 6.10 Å². The zero-order valence-electron chi connectivity index (χ0n) is 18.1. The van der Waals surface area contributed by atoms with Gasteiger partial charge in [0.2, 0.25) is 0 Å². The smallest absolute Gasteiger partial charge is 0.338 e. The maximum atomic E-state index is 13.3. The van der Waals surface area contributed by atoms with Crippen molar-refractivity contribution in [3.05, 3.63) is 104 Å². The number of fused-ring (bicyclic) bond motifs is 1. The van der Waals surface area contributed by atoms with Crippen LogP contribution in [0.5, 0.6) is 0 Å². The minimum Gasteiger partial charge on any atom is -0.371 e. The molecule has 0 saturated carbocycles. The van der Waals surface area contributed by atoms with Crippen molar-refractivity contribution >= 4 is 5.91 Å². The molecule has 3 aromatic rings. The summed E-state index contributed by atoms with van der Waals surface area (Å²) in [5, 5.41) is 0. The molecule has 2 fully saturated rings. The summed E-state index contributed by atoms with van der Waals surface area (Å²) in [7, 11) is 0. The number of hydrogen-bond donors (Lipinski definition) is 0. The Morgan fingerprint density at radius 3 is 2.33 bits per heavy atom. The third-order valence-corrected chi connectivity index (χ3v) is 6.11. The Morgan fingerprint density at radius 2 is 1.61 bits per heavy atom. The molecule has 8 heteroatoms. The van der Waals surface area contributed by atoms with Crippen molar-refractivity contribution < 1.29 is 19.0 Å². The molecule has 0 spiro atoms. The molecule has 3 heterocycles. The van der Waals surface area contributed by atoms with Crippen LogP contribution in [0, 0.1) is 6.92 Å². The van der Waals surface area contributed by atoms with E-state index in [1.807, 2.05) is 30.3 Å². The summed E-state index contributed by atoms with van der Waals surface area (Å²) in [5.74, 6) is -0.649. The lowest BCUT2D eigenvalue weighted by Crippen LogP contribution is -2.51. The summed E-state index contributed by atoms with van der Waals surface area (Å²) >= 11 is 0. The number of carbonyl (C=O) groups excluding carboxylic acids is 1. The van der Waals surface area contributed by atoms with Crippen LogP contribution in [-0.4, -0.2) is 40.5 Å². The van der Waals surface area contributed by atoms with E-state index in [-0.39, 0.29) is 30.4 Å². The number of carbonyl (C=O) groups is 1. The molecule has 33 heavy (non-hydrogen) atoms. The Balaban J connectivity index is 1.44. The summed E-state index contributed by atoms with van der Waals surface area (Å²) in [4.78, 5) is 39.0. The van der Waals surface area contributed by atoms with E-state index in [2.05, 4.69) is 0 Å². The van der Waals surface area contributed by atoms with Crippen molar-refractivity contribution in [1.29, 1.82) is 0 Å². The molecule has 2 aliphatic heterocycles. The first-order valence-electron chi connectivity index (χ1n) is 10.9. The minimum absolute atomic E-state index is 0.241. The van der Waals surface area contributed by atoms with Crippen LogP contribution in [-0.2, 0) is 14.2 Å². The zero-order chi connectivity index (χ0) is 22.9. The van der Waals surface area contributed by atoms with Crippen molar-refractivity contribution in [3.63, 3.8) is 0 Å². The van der Waals surface area contributed by atoms with E-state index in [9.17, 15) is 14.4 Å². The molecule has 0 bridgehead atoms. The van der Waals surface area contributed by atoms with Crippen LogP contribution in [0.3, 0.4) is 0 Å². The first-order chi connectivity index (χ1) is 16.0. The highest BCUT2D eigenvalue weighted by molar-refractivity contribution is 5.95. The van der Waals surface area contributed by atoms with Crippen molar-refractivity contribution in [2.75, 3.05) is 13.2 Å². The number of aromatic nitrogens is 2. The summed E-state index contributed by atoms with van der Waals surface area (Å²) in [6, 6.07) is 17.5. The standard InChI is InChI=1S/C25H24N2O6/c1-16-13-26(25(30)27(22(16)28)23(29)17-8-4-2-5-9-17)19-12-20-21(31-14-19)15-32-24(33-20)18-10-6-3-7-11-18/h2-11,13,19-21,24H,12,14-15H2,1H3/t19-,20-,21+,24+/m0/s1. The molecule has 8 nitrogen and oxygen atoms in total. The van der Waals surface area contributed by atoms with Crippen molar-refractivity contribution in [2.24, 2.45) is 0 Å². The summed E-state index contributed by atoms with van der Waals surface area (Å²) in [6.45, 7) is 2.23. The van der Waals surface area contributed by atoms with Gasteiger partial charge in [0.15, 0.2) is 6.29 Å². The Hall–Kier alpha value is -3.33. The molecular formula is C25H24N2O6. The fourth-order valence-electron chi connectivity index (χ4n) is 4.34.